The average molecular weight is 502 g/mol. The van der Waals surface area contributed by atoms with Crippen LogP contribution in [-0.2, 0) is 22.6 Å². The van der Waals surface area contributed by atoms with Gasteiger partial charge in [-0.25, -0.2) is 9.97 Å². The summed E-state index contributed by atoms with van der Waals surface area (Å²) in [6.45, 7) is 9.20. The van der Waals surface area contributed by atoms with Gasteiger partial charge < -0.3 is 25.0 Å². The minimum Gasteiger partial charge on any atom is -0.349 e. The SMILES string of the molecule is CC(=O)N1CCN(C(=O)Cc2ccc(Nc3nccc(-c4c(C)c5n(c4C)CCNC5=O)n3)cc2)CC1. The number of rotatable bonds is 5. The smallest absolute Gasteiger partial charge is 0.268 e. The fraction of sp³-hybridized carbons (Fsp3) is 0.370. The Morgan fingerprint density at radius 2 is 1.70 bits per heavy atom. The Bertz CT molecular complexity index is 1360. The molecular formula is C27H31N7O3. The topological polar surface area (TPSA) is 112 Å². The maximum atomic E-state index is 12.7. The Balaban J connectivity index is 1.26. The summed E-state index contributed by atoms with van der Waals surface area (Å²) in [6.07, 6.45) is 2.02. The Morgan fingerprint density at radius 3 is 2.38 bits per heavy atom. The molecule has 1 fully saturated rings. The molecule has 3 amide bonds. The number of piperazine rings is 1. The number of hydrogen-bond donors (Lipinski definition) is 2. The molecule has 2 N–H and O–H groups in total. The highest BCUT2D eigenvalue weighted by Gasteiger charge is 2.27. The van der Waals surface area contributed by atoms with E-state index in [0.29, 0.717) is 50.8 Å². The van der Waals surface area contributed by atoms with Crippen molar-refractivity contribution in [2.24, 2.45) is 0 Å². The van der Waals surface area contributed by atoms with Crippen LogP contribution in [0.25, 0.3) is 11.3 Å². The zero-order chi connectivity index (χ0) is 26.1. The molecule has 0 atom stereocenters. The van der Waals surface area contributed by atoms with E-state index in [1.807, 2.05) is 49.1 Å². The van der Waals surface area contributed by atoms with Crippen molar-refractivity contribution in [1.29, 1.82) is 0 Å². The second kappa shape index (κ2) is 10.0. The molecule has 37 heavy (non-hydrogen) atoms. The third kappa shape index (κ3) is 4.91. The number of nitrogens with one attached hydrogen (secondary N) is 2. The molecule has 2 aromatic heterocycles. The summed E-state index contributed by atoms with van der Waals surface area (Å²) in [5.41, 5.74) is 6.07. The van der Waals surface area contributed by atoms with E-state index in [4.69, 9.17) is 4.98 Å². The molecule has 5 rings (SSSR count). The third-order valence-corrected chi connectivity index (χ3v) is 7.16. The molecular weight excluding hydrogens is 470 g/mol. The minimum atomic E-state index is -0.0533. The molecule has 0 radical (unpaired) electrons. The summed E-state index contributed by atoms with van der Waals surface area (Å²) < 4.78 is 2.06. The second-order valence-corrected chi connectivity index (χ2v) is 9.49. The number of amides is 3. The van der Waals surface area contributed by atoms with Crippen molar-refractivity contribution < 1.29 is 14.4 Å². The van der Waals surface area contributed by atoms with Crippen LogP contribution in [0.15, 0.2) is 36.5 Å². The number of anilines is 2. The van der Waals surface area contributed by atoms with Gasteiger partial charge in [0.1, 0.15) is 5.69 Å². The van der Waals surface area contributed by atoms with E-state index >= 15 is 0 Å². The van der Waals surface area contributed by atoms with Crippen molar-refractivity contribution >= 4 is 29.4 Å². The molecule has 1 saturated heterocycles. The van der Waals surface area contributed by atoms with E-state index in [0.717, 1.165) is 40.3 Å². The lowest BCUT2D eigenvalue weighted by molar-refractivity contribution is -0.138. The van der Waals surface area contributed by atoms with Crippen molar-refractivity contribution in [3.63, 3.8) is 0 Å². The van der Waals surface area contributed by atoms with Gasteiger partial charge in [0.2, 0.25) is 17.8 Å². The summed E-state index contributed by atoms with van der Waals surface area (Å²) in [7, 11) is 0. The van der Waals surface area contributed by atoms with Gasteiger partial charge in [-0.1, -0.05) is 12.1 Å². The summed E-state index contributed by atoms with van der Waals surface area (Å²) in [4.78, 5) is 49.3. The van der Waals surface area contributed by atoms with Crippen LogP contribution in [0, 0.1) is 13.8 Å². The minimum absolute atomic E-state index is 0.0511. The third-order valence-electron chi connectivity index (χ3n) is 7.16. The van der Waals surface area contributed by atoms with Crippen molar-refractivity contribution in [1.82, 2.24) is 29.7 Å². The highest BCUT2D eigenvalue weighted by Crippen LogP contribution is 2.32. The molecule has 0 bridgehead atoms. The van der Waals surface area contributed by atoms with Crippen molar-refractivity contribution in [3.05, 3.63) is 59.0 Å². The Hall–Kier alpha value is -4.21. The fourth-order valence-corrected chi connectivity index (χ4v) is 5.16. The quantitative estimate of drug-likeness (QED) is 0.555. The average Bonchev–Trinajstić information content (AvgIpc) is 3.16. The molecule has 3 aromatic rings. The number of nitrogens with zero attached hydrogens (tertiary/aromatic N) is 5. The standard InChI is InChI=1S/C27H31N7O3/c1-17-24(18(2)34-11-10-28-26(37)25(17)34)22-8-9-29-27(31-22)30-21-6-4-20(5-7-21)16-23(36)33-14-12-32(13-15-33)19(3)35/h4-9H,10-16H2,1-3H3,(H,28,37)(H,29,30,31). The van der Waals surface area contributed by atoms with E-state index < -0.39 is 0 Å². The first kappa shape index (κ1) is 24.5. The van der Waals surface area contributed by atoms with Crippen LogP contribution in [0.1, 0.15) is 34.2 Å². The molecule has 192 valence electrons. The molecule has 0 saturated carbocycles. The van der Waals surface area contributed by atoms with Crippen molar-refractivity contribution in [2.45, 2.75) is 33.7 Å². The van der Waals surface area contributed by atoms with Crippen molar-refractivity contribution in [2.75, 3.05) is 38.0 Å². The van der Waals surface area contributed by atoms with Crippen LogP contribution < -0.4 is 10.6 Å². The summed E-state index contributed by atoms with van der Waals surface area (Å²) in [6, 6.07) is 9.51. The zero-order valence-corrected chi connectivity index (χ0v) is 21.4. The second-order valence-electron chi connectivity index (χ2n) is 9.49. The Labute approximate surface area is 215 Å². The van der Waals surface area contributed by atoms with E-state index in [-0.39, 0.29) is 17.7 Å². The predicted molar refractivity (Wildman–Crippen MR) is 140 cm³/mol. The van der Waals surface area contributed by atoms with Gasteiger partial charge >= 0.3 is 0 Å². The normalized spacial score (nSPS) is 15.3. The monoisotopic (exact) mass is 501 g/mol. The number of fused-ring (bicyclic) bond motifs is 1. The van der Waals surface area contributed by atoms with Gasteiger partial charge in [0, 0.05) is 69.3 Å². The Morgan fingerprint density at radius 1 is 1.00 bits per heavy atom. The van der Waals surface area contributed by atoms with Gasteiger partial charge in [0.15, 0.2) is 0 Å². The molecule has 0 spiro atoms. The first-order valence-electron chi connectivity index (χ1n) is 12.5. The summed E-state index contributed by atoms with van der Waals surface area (Å²) in [5, 5.41) is 6.15. The number of aromatic nitrogens is 3. The first-order valence-corrected chi connectivity index (χ1v) is 12.5. The molecule has 2 aliphatic heterocycles. The van der Waals surface area contributed by atoms with Gasteiger partial charge in [0.25, 0.3) is 5.91 Å². The summed E-state index contributed by atoms with van der Waals surface area (Å²) in [5.74, 6) is 0.518. The van der Waals surface area contributed by atoms with E-state index in [1.165, 1.54) is 0 Å². The number of carbonyl (C=O) groups excluding carboxylic acids is 3. The molecule has 10 heteroatoms. The zero-order valence-electron chi connectivity index (χ0n) is 21.4. The van der Waals surface area contributed by atoms with Crippen LogP contribution in [-0.4, -0.2) is 74.8 Å². The van der Waals surface area contributed by atoms with Crippen LogP contribution >= 0.6 is 0 Å². The van der Waals surface area contributed by atoms with Gasteiger partial charge in [-0.2, -0.15) is 0 Å². The number of hydrogen-bond acceptors (Lipinski definition) is 6. The molecule has 2 aliphatic rings. The predicted octanol–water partition coefficient (Wildman–Crippen LogP) is 2.28. The largest absolute Gasteiger partial charge is 0.349 e. The van der Waals surface area contributed by atoms with E-state index in [9.17, 15) is 14.4 Å². The summed E-state index contributed by atoms with van der Waals surface area (Å²) >= 11 is 0. The molecule has 0 unspecified atom stereocenters. The number of benzene rings is 1. The highest BCUT2D eigenvalue weighted by molar-refractivity contribution is 5.97. The van der Waals surface area contributed by atoms with Crippen LogP contribution in [0.5, 0.6) is 0 Å². The van der Waals surface area contributed by atoms with Crippen LogP contribution in [0.4, 0.5) is 11.6 Å². The lowest BCUT2D eigenvalue weighted by Crippen LogP contribution is -2.50. The van der Waals surface area contributed by atoms with Crippen LogP contribution in [0.2, 0.25) is 0 Å². The van der Waals surface area contributed by atoms with Gasteiger partial charge in [-0.3, -0.25) is 14.4 Å². The molecule has 4 heterocycles. The molecule has 0 aliphatic carbocycles. The highest BCUT2D eigenvalue weighted by atomic mass is 16.2. The molecule has 10 nitrogen and oxygen atoms in total. The molecule has 1 aromatic carbocycles. The van der Waals surface area contributed by atoms with Gasteiger partial charge in [-0.05, 0) is 43.2 Å². The first-order chi connectivity index (χ1) is 17.8. The van der Waals surface area contributed by atoms with Crippen molar-refractivity contribution in [3.8, 4) is 11.3 Å². The Kier molecular flexibility index (Phi) is 6.64. The van der Waals surface area contributed by atoms with E-state index in [2.05, 4.69) is 20.2 Å². The lowest BCUT2D eigenvalue weighted by atomic mass is 10.1. The van der Waals surface area contributed by atoms with Gasteiger partial charge in [-0.15, -0.1) is 0 Å². The van der Waals surface area contributed by atoms with Gasteiger partial charge in [0.05, 0.1) is 12.1 Å². The van der Waals surface area contributed by atoms with E-state index in [1.54, 1.807) is 18.0 Å². The lowest BCUT2D eigenvalue weighted by Gasteiger charge is -2.34. The number of carbonyl (C=O) groups is 3. The fourth-order valence-electron chi connectivity index (χ4n) is 5.16. The maximum absolute atomic E-state index is 12.7. The maximum Gasteiger partial charge on any atom is 0.268 e. The van der Waals surface area contributed by atoms with Crippen LogP contribution in [0.3, 0.4) is 0 Å².